The van der Waals surface area contributed by atoms with Gasteiger partial charge in [-0.1, -0.05) is 60.1 Å². The maximum atomic E-state index is 13.2. The van der Waals surface area contributed by atoms with E-state index < -0.39 is 12.0 Å². The molecule has 26 heavy (non-hydrogen) atoms. The number of carbonyl (C=O) groups excluding carboxylic acids is 2. The summed E-state index contributed by atoms with van der Waals surface area (Å²) in [5.74, 6) is -0.760. The number of imide groups is 1. The molecule has 2 aromatic rings. The molecule has 2 aromatic carbocycles. The van der Waals surface area contributed by atoms with E-state index in [1.165, 1.54) is 4.90 Å². The van der Waals surface area contributed by atoms with Gasteiger partial charge in [0.2, 0.25) is 5.91 Å². The predicted octanol–water partition coefficient (Wildman–Crippen LogP) is 4.59. The predicted molar refractivity (Wildman–Crippen MR) is 101 cm³/mol. The highest BCUT2D eigenvalue weighted by molar-refractivity contribution is 6.30. The van der Waals surface area contributed by atoms with E-state index in [0.29, 0.717) is 17.9 Å². The van der Waals surface area contributed by atoms with E-state index in [2.05, 4.69) is 6.58 Å². The standard InChI is InChI=1S/C21H20ClNO3/c1-2-6-19(16-9-11-17(22)12-10-16)20(24)23-18(14-26-21(23)25)13-15-7-4-3-5-8-15/h2-5,7-12,18-19H,1,6,13-14H2/t18-,19-/m1/s1. The van der Waals surface area contributed by atoms with Crippen LogP contribution in [0.4, 0.5) is 4.79 Å². The number of halogens is 1. The van der Waals surface area contributed by atoms with E-state index in [-0.39, 0.29) is 18.6 Å². The van der Waals surface area contributed by atoms with Crippen molar-refractivity contribution < 1.29 is 14.3 Å². The van der Waals surface area contributed by atoms with Crippen LogP contribution in [0, 0.1) is 0 Å². The number of cyclic esters (lactones) is 1. The average molecular weight is 370 g/mol. The highest BCUT2D eigenvalue weighted by Crippen LogP contribution is 2.28. The van der Waals surface area contributed by atoms with Crippen LogP contribution in [-0.4, -0.2) is 29.5 Å². The number of ether oxygens (including phenoxy) is 1. The number of amides is 2. The monoisotopic (exact) mass is 369 g/mol. The summed E-state index contributed by atoms with van der Waals surface area (Å²) in [5, 5.41) is 0.598. The van der Waals surface area contributed by atoms with Crippen molar-refractivity contribution in [3.8, 4) is 0 Å². The van der Waals surface area contributed by atoms with Gasteiger partial charge in [-0.3, -0.25) is 4.79 Å². The maximum Gasteiger partial charge on any atom is 0.417 e. The Bertz CT molecular complexity index is 789. The first-order valence-electron chi connectivity index (χ1n) is 8.50. The Kier molecular flexibility index (Phi) is 5.74. The number of benzene rings is 2. The maximum absolute atomic E-state index is 13.2. The molecule has 1 aliphatic heterocycles. The molecule has 0 unspecified atom stereocenters. The van der Waals surface area contributed by atoms with E-state index >= 15 is 0 Å². The molecule has 5 heteroatoms. The van der Waals surface area contributed by atoms with E-state index in [0.717, 1.165) is 11.1 Å². The molecule has 1 heterocycles. The second-order valence-electron chi connectivity index (χ2n) is 6.26. The van der Waals surface area contributed by atoms with Crippen LogP contribution < -0.4 is 0 Å². The molecule has 3 rings (SSSR count). The number of allylic oxidation sites excluding steroid dienone is 1. The Hall–Kier alpha value is -2.59. The van der Waals surface area contributed by atoms with Crippen LogP contribution in [0.3, 0.4) is 0 Å². The number of hydrogen-bond acceptors (Lipinski definition) is 3. The summed E-state index contributed by atoms with van der Waals surface area (Å²) in [4.78, 5) is 26.7. The summed E-state index contributed by atoms with van der Waals surface area (Å²) in [6.45, 7) is 3.95. The van der Waals surface area contributed by atoms with E-state index in [9.17, 15) is 9.59 Å². The van der Waals surface area contributed by atoms with Crippen LogP contribution in [0.1, 0.15) is 23.5 Å². The van der Waals surface area contributed by atoms with Crippen molar-refractivity contribution in [2.24, 2.45) is 0 Å². The molecule has 0 aromatic heterocycles. The fourth-order valence-corrected chi connectivity index (χ4v) is 3.30. The topological polar surface area (TPSA) is 46.6 Å². The van der Waals surface area contributed by atoms with Crippen molar-refractivity contribution in [1.82, 2.24) is 4.90 Å². The SMILES string of the molecule is C=CC[C@@H](C(=O)N1C(=O)OC[C@H]1Cc1ccccc1)c1ccc(Cl)cc1. The van der Waals surface area contributed by atoms with Crippen molar-refractivity contribution in [2.75, 3.05) is 6.61 Å². The summed E-state index contributed by atoms with van der Waals surface area (Å²) < 4.78 is 5.17. The molecule has 1 aliphatic rings. The fraction of sp³-hybridized carbons (Fsp3) is 0.238. The first-order chi connectivity index (χ1) is 12.6. The molecule has 1 fully saturated rings. The van der Waals surface area contributed by atoms with E-state index in [1.807, 2.05) is 42.5 Å². The summed E-state index contributed by atoms with van der Waals surface area (Å²) in [5.41, 5.74) is 1.86. The molecule has 0 saturated carbocycles. The Morgan fingerprint density at radius 3 is 2.58 bits per heavy atom. The first-order valence-corrected chi connectivity index (χ1v) is 8.88. The van der Waals surface area contributed by atoms with Gasteiger partial charge in [-0.2, -0.15) is 0 Å². The van der Waals surface area contributed by atoms with Gasteiger partial charge in [0.15, 0.2) is 0 Å². The summed E-state index contributed by atoms with van der Waals surface area (Å²) in [7, 11) is 0. The van der Waals surface area contributed by atoms with Crippen molar-refractivity contribution >= 4 is 23.6 Å². The van der Waals surface area contributed by atoms with Crippen LogP contribution in [0.25, 0.3) is 0 Å². The Morgan fingerprint density at radius 1 is 1.23 bits per heavy atom. The fourth-order valence-electron chi connectivity index (χ4n) is 3.18. The molecule has 0 spiro atoms. The van der Waals surface area contributed by atoms with E-state index in [1.54, 1.807) is 18.2 Å². The van der Waals surface area contributed by atoms with Gasteiger partial charge < -0.3 is 4.74 Å². The molecular formula is C21H20ClNO3. The lowest BCUT2D eigenvalue weighted by atomic mass is 9.93. The van der Waals surface area contributed by atoms with Gasteiger partial charge in [0.25, 0.3) is 0 Å². The largest absolute Gasteiger partial charge is 0.447 e. The number of carbonyl (C=O) groups is 2. The quantitative estimate of drug-likeness (QED) is 0.699. The molecular weight excluding hydrogens is 350 g/mol. The normalized spacial score (nSPS) is 17.7. The van der Waals surface area contributed by atoms with Gasteiger partial charge in [-0.05, 0) is 36.1 Å². The second kappa shape index (κ2) is 8.19. The third-order valence-electron chi connectivity index (χ3n) is 4.49. The Labute approximate surface area is 158 Å². The third kappa shape index (κ3) is 3.97. The summed E-state index contributed by atoms with van der Waals surface area (Å²) in [6, 6.07) is 16.6. The van der Waals surface area contributed by atoms with Gasteiger partial charge in [-0.15, -0.1) is 6.58 Å². The van der Waals surface area contributed by atoms with Gasteiger partial charge in [-0.25, -0.2) is 9.69 Å². The van der Waals surface area contributed by atoms with Gasteiger partial charge in [0, 0.05) is 5.02 Å². The second-order valence-corrected chi connectivity index (χ2v) is 6.69. The Balaban J connectivity index is 1.84. The number of hydrogen-bond donors (Lipinski definition) is 0. The minimum Gasteiger partial charge on any atom is -0.447 e. The van der Waals surface area contributed by atoms with Crippen LogP contribution in [0.5, 0.6) is 0 Å². The Morgan fingerprint density at radius 2 is 1.92 bits per heavy atom. The molecule has 0 aliphatic carbocycles. The summed E-state index contributed by atoms with van der Waals surface area (Å²) in [6.07, 6.45) is 2.10. The highest BCUT2D eigenvalue weighted by Gasteiger charge is 2.40. The lowest BCUT2D eigenvalue weighted by Crippen LogP contribution is -2.42. The van der Waals surface area contributed by atoms with Crippen LogP contribution in [0.2, 0.25) is 5.02 Å². The third-order valence-corrected chi connectivity index (χ3v) is 4.74. The average Bonchev–Trinajstić information content (AvgIpc) is 3.01. The zero-order valence-corrected chi connectivity index (χ0v) is 15.1. The molecule has 134 valence electrons. The van der Waals surface area contributed by atoms with Crippen molar-refractivity contribution in [3.05, 3.63) is 83.4 Å². The lowest BCUT2D eigenvalue weighted by Gasteiger charge is -2.24. The molecule has 2 atom stereocenters. The smallest absolute Gasteiger partial charge is 0.417 e. The highest BCUT2D eigenvalue weighted by atomic mass is 35.5. The van der Waals surface area contributed by atoms with Gasteiger partial charge in [0.1, 0.15) is 6.61 Å². The van der Waals surface area contributed by atoms with Gasteiger partial charge in [0.05, 0.1) is 12.0 Å². The number of nitrogens with zero attached hydrogens (tertiary/aromatic N) is 1. The molecule has 4 nitrogen and oxygen atoms in total. The molecule has 0 bridgehead atoms. The summed E-state index contributed by atoms with van der Waals surface area (Å²) >= 11 is 5.95. The van der Waals surface area contributed by atoms with Crippen LogP contribution in [0.15, 0.2) is 67.3 Å². The lowest BCUT2D eigenvalue weighted by molar-refractivity contribution is -0.130. The minimum atomic E-state index is -0.584. The zero-order valence-electron chi connectivity index (χ0n) is 14.3. The van der Waals surface area contributed by atoms with Gasteiger partial charge >= 0.3 is 6.09 Å². The van der Waals surface area contributed by atoms with Crippen molar-refractivity contribution in [2.45, 2.75) is 24.8 Å². The van der Waals surface area contributed by atoms with E-state index in [4.69, 9.17) is 16.3 Å². The minimum absolute atomic E-state index is 0.209. The molecule has 1 saturated heterocycles. The number of rotatable bonds is 6. The molecule has 0 radical (unpaired) electrons. The zero-order chi connectivity index (χ0) is 18.5. The molecule has 2 amide bonds. The van der Waals surface area contributed by atoms with Crippen LogP contribution in [-0.2, 0) is 16.0 Å². The first kappa shape index (κ1) is 18.2. The van der Waals surface area contributed by atoms with Crippen molar-refractivity contribution in [3.63, 3.8) is 0 Å². The van der Waals surface area contributed by atoms with Crippen LogP contribution >= 0.6 is 11.6 Å². The van der Waals surface area contributed by atoms with Crippen molar-refractivity contribution in [1.29, 1.82) is 0 Å². The molecule has 0 N–H and O–H groups in total.